The van der Waals surface area contributed by atoms with Crippen LogP contribution in [0.1, 0.15) is 44.7 Å². The third-order valence-electron chi connectivity index (χ3n) is 2.93. The SMILES string of the molecule is CCCC(N)C(=O)NC(CC)c1ccc(Cl)cc1. The molecule has 1 aromatic rings. The summed E-state index contributed by atoms with van der Waals surface area (Å²) in [6.45, 7) is 4.05. The molecule has 3 nitrogen and oxygen atoms in total. The van der Waals surface area contributed by atoms with Crippen molar-refractivity contribution in [2.75, 3.05) is 0 Å². The molecule has 18 heavy (non-hydrogen) atoms. The highest BCUT2D eigenvalue weighted by Crippen LogP contribution is 2.19. The standard InChI is InChI=1S/C14H21ClN2O/c1-3-5-12(16)14(18)17-13(4-2)10-6-8-11(15)9-7-10/h6-9,12-13H,3-5,16H2,1-2H3,(H,17,18). The molecule has 1 amide bonds. The van der Waals surface area contributed by atoms with E-state index in [4.69, 9.17) is 17.3 Å². The van der Waals surface area contributed by atoms with E-state index >= 15 is 0 Å². The first-order valence-electron chi connectivity index (χ1n) is 6.39. The van der Waals surface area contributed by atoms with E-state index in [0.29, 0.717) is 11.4 Å². The molecule has 3 N–H and O–H groups in total. The fourth-order valence-corrected chi connectivity index (χ4v) is 1.96. The molecule has 2 atom stereocenters. The number of hydrogen-bond acceptors (Lipinski definition) is 2. The van der Waals surface area contributed by atoms with Crippen LogP contribution < -0.4 is 11.1 Å². The Labute approximate surface area is 114 Å². The smallest absolute Gasteiger partial charge is 0.237 e. The van der Waals surface area contributed by atoms with Crippen molar-refractivity contribution in [1.29, 1.82) is 0 Å². The summed E-state index contributed by atoms with van der Waals surface area (Å²) in [6.07, 6.45) is 2.45. The van der Waals surface area contributed by atoms with Gasteiger partial charge in [-0.15, -0.1) is 0 Å². The van der Waals surface area contributed by atoms with Crippen LogP contribution in [0.4, 0.5) is 0 Å². The third kappa shape index (κ3) is 4.31. The Morgan fingerprint density at radius 1 is 1.33 bits per heavy atom. The predicted molar refractivity (Wildman–Crippen MR) is 75.5 cm³/mol. The number of benzene rings is 1. The second-order valence-electron chi connectivity index (χ2n) is 4.42. The molecule has 2 unspecified atom stereocenters. The van der Waals surface area contributed by atoms with Gasteiger partial charge in [-0.25, -0.2) is 0 Å². The molecule has 0 aliphatic heterocycles. The van der Waals surface area contributed by atoms with E-state index < -0.39 is 6.04 Å². The van der Waals surface area contributed by atoms with Crippen molar-refractivity contribution in [3.63, 3.8) is 0 Å². The number of carbonyl (C=O) groups is 1. The minimum atomic E-state index is -0.420. The highest BCUT2D eigenvalue weighted by molar-refractivity contribution is 6.30. The van der Waals surface area contributed by atoms with Gasteiger partial charge in [0.2, 0.25) is 5.91 Å². The van der Waals surface area contributed by atoms with Crippen molar-refractivity contribution in [3.8, 4) is 0 Å². The molecule has 0 radical (unpaired) electrons. The largest absolute Gasteiger partial charge is 0.348 e. The molecule has 0 saturated carbocycles. The summed E-state index contributed by atoms with van der Waals surface area (Å²) >= 11 is 5.85. The molecule has 0 aliphatic rings. The minimum absolute atomic E-state index is 0.00215. The lowest BCUT2D eigenvalue weighted by molar-refractivity contribution is -0.123. The molecule has 0 saturated heterocycles. The number of nitrogens with two attached hydrogens (primary N) is 1. The monoisotopic (exact) mass is 268 g/mol. The number of hydrogen-bond donors (Lipinski definition) is 2. The van der Waals surface area contributed by atoms with Gasteiger partial charge in [0, 0.05) is 5.02 Å². The quantitative estimate of drug-likeness (QED) is 0.833. The lowest BCUT2D eigenvalue weighted by atomic mass is 10.0. The Morgan fingerprint density at radius 3 is 2.44 bits per heavy atom. The van der Waals surface area contributed by atoms with Gasteiger partial charge in [0.15, 0.2) is 0 Å². The second kappa shape index (κ2) is 7.39. The van der Waals surface area contributed by atoms with Crippen molar-refractivity contribution in [1.82, 2.24) is 5.32 Å². The van der Waals surface area contributed by atoms with Gasteiger partial charge in [-0.3, -0.25) is 4.79 Å². The minimum Gasteiger partial charge on any atom is -0.348 e. The van der Waals surface area contributed by atoms with Crippen LogP contribution in [0.25, 0.3) is 0 Å². The fourth-order valence-electron chi connectivity index (χ4n) is 1.84. The van der Waals surface area contributed by atoms with Gasteiger partial charge in [0.25, 0.3) is 0 Å². The van der Waals surface area contributed by atoms with E-state index in [1.165, 1.54) is 0 Å². The van der Waals surface area contributed by atoms with Gasteiger partial charge >= 0.3 is 0 Å². The molecule has 0 spiro atoms. The van der Waals surface area contributed by atoms with E-state index in [2.05, 4.69) is 5.32 Å². The summed E-state index contributed by atoms with van der Waals surface area (Å²) in [5, 5.41) is 3.68. The maximum atomic E-state index is 11.9. The zero-order chi connectivity index (χ0) is 13.5. The maximum absolute atomic E-state index is 11.9. The number of carbonyl (C=O) groups excluding carboxylic acids is 1. The highest BCUT2D eigenvalue weighted by Gasteiger charge is 2.17. The van der Waals surface area contributed by atoms with Crippen LogP contribution in [0.15, 0.2) is 24.3 Å². The summed E-state index contributed by atoms with van der Waals surface area (Å²) < 4.78 is 0. The van der Waals surface area contributed by atoms with E-state index in [1.54, 1.807) is 0 Å². The van der Waals surface area contributed by atoms with Gasteiger partial charge < -0.3 is 11.1 Å². The lowest BCUT2D eigenvalue weighted by Crippen LogP contribution is -2.42. The van der Waals surface area contributed by atoms with Gasteiger partial charge in [0.1, 0.15) is 0 Å². The Hall–Kier alpha value is -1.06. The number of amides is 1. The van der Waals surface area contributed by atoms with Crippen LogP contribution in [-0.4, -0.2) is 11.9 Å². The van der Waals surface area contributed by atoms with E-state index in [-0.39, 0.29) is 11.9 Å². The summed E-state index contributed by atoms with van der Waals surface area (Å²) in [7, 11) is 0. The maximum Gasteiger partial charge on any atom is 0.237 e. The van der Waals surface area contributed by atoms with Crippen molar-refractivity contribution in [2.24, 2.45) is 5.73 Å². The zero-order valence-electron chi connectivity index (χ0n) is 10.9. The van der Waals surface area contributed by atoms with Gasteiger partial charge in [-0.2, -0.15) is 0 Å². The number of rotatable bonds is 6. The van der Waals surface area contributed by atoms with Crippen molar-refractivity contribution in [3.05, 3.63) is 34.9 Å². The second-order valence-corrected chi connectivity index (χ2v) is 4.85. The van der Waals surface area contributed by atoms with Crippen LogP contribution in [-0.2, 0) is 4.79 Å². The normalized spacial score (nSPS) is 14.0. The van der Waals surface area contributed by atoms with E-state index in [0.717, 1.165) is 18.4 Å². The van der Waals surface area contributed by atoms with Gasteiger partial charge in [-0.1, -0.05) is 44.0 Å². The lowest BCUT2D eigenvalue weighted by Gasteiger charge is -2.20. The summed E-state index contributed by atoms with van der Waals surface area (Å²) in [6, 6.07) is 7.11. The van der Waals surface area contributed by atoms with Crippen molar-refractivity contribution >= 4 is 17.5 Å². The van der Waals surface area contributed by atoms with Crippen LogP contribution in [0, 0.1) is 0 Å². The Morgan fingerprint density at radius 2 is 1.94 bits per heavy atom. The molecule has 0 aromatic heterocycles. The first-order chi connectivity index (χ1) is 8.58. The summed E-state index contributed by atoms with van der Waals surface area (Å²) in [4.78, 5) is 11.9. The average molecular weight is 269 g/mol. The fraction of sp³-hybridized carbons (Fsp3) is 0.500. The first kappa shape index (κ1) is 15.0. The highest BCUT2D eigenvalue weighted by atomic mass is 35.5. The molecule has 4 heteroatoms. The van der Waals surface area contributed by atoms with Crippen LogP contribution in [0.5, 0.6) is 0 Å². The van der Waals surface area contributed by atoms with Crippen molar-refractivity contribution < 1.29 is 4.79 Å². The third-order valence-corrected chi connectivity index (χ3v) is 3.19. The van der Waals surface area contributed by atoms with Crippen molar-refractivity contribution in [2.45, 2.75) is 45.2 Å². The molecular formula is C14H21ClN2O. The number of nitrogens with one attached hydrogen (secondary N) is 1. The molecule has 1 aromatic carbocycles. The van der Waals surface area contributed by atoms with Crippen LogP contribution in [0.2, 0.25) is 5.02 Å². The average Bonchev–Trinajstić information content (AvgIpc) is 2.37. The first-order valence-corrected chi connectivity index (χ1v) is 6.77. The van der Waals surface area contributed by atoms with E-state index in [9.17, 15) is 4.79 Å². The summed E-state index contributed by atoms with van der Waals surface area (Å²) in [5.41, 5.74) is 6.85. The molecule has 0 heterocycles. The van der Waals surface area contributed by atoms with Gasteiger partial charge in [-0.05, 0) is 30.5 Å². The summed E-state index contributed by atoms with van der Waals surface area (Å²) in [5.74, 6) is -0.0846. The Kier molecular flexibility index (Phi) is 6.16. The predicted octanol–water partition coefficient (Wildman–Crippen LogP) is 3.03. The molecular weight excluding hydrogens is 248 g/mol. The Bertz CT molecular complexity index is 378. The topological polar surface area (TPSA) is 55.1 Å². The van der Waals surface area contributed by atoms with Gasteiger partial charge in [0.05, 0.1) is 12.1 Å². The van der Waals surface area contributed by atoms with E-state index in [1.807, 2.05) is 38.1 Å². The zero-order valence-corrected chi connectivity index (χ0v) is 11.7. The molecule has 0 aliphatic carbocycles. The van der Waals surface area contributed by atoms with Crippen LogP contribution >= 0.6 is 11.6 Å². The molecule has 1 rings (SSSR count). The molecule has 0 fully saturated rings. The van der Waals surface area contributed by atoms with Crippen LogP contribution in [0.3, 0.4) is 0 Å². The molecule has 100 valence electrons. The number of halogens is 1. The Balaban J connectivity index is 2.67. The molecule has 0 bridgehead atoms.